The molecule has 2 aromatic heterocycles. The highest BCUT2D eigenvalue weighted by Crippen LogP contribution is 2.33. The Kier molecular flexibility index (Phi) is 3.62. The van der Waals surface area contributed by atoms with Crippen molar-refractivity contribution in [1.29, 1.82) is 0 Å². The van der Waals surface area contributed by atoms with E-state index in [0.29, 0.717) is 28.5 Å². The normalized spacial score (nSPS) is 10.6. The van der Waals surface area contributed by atoms with E-state index in [0.717, 1.165) is 9.99 Å². The van der Waals surface area contributed by atoms with Gasteiger partial charge in [0.05, 0.1) is 18.3 Å². The molecule has 0 saturated heterocycles. The maximum absolute atomic E-state index is 5.96. The average Bonchev–Trinajstić information content (AvgIpc) is 2.49. The lowest BCUT2D eigenvalue weighted by molar-refractivity contribution is 0.413. The maximum atomic E-state index is 5.96. The summed E-state index contributed by atoms with van der Waals surface area (Å²) in [5, 5.41) is 0. The Balaban J connectivity index is 2.02. The van der Waals surface area contributed by atoms with Gasteiger partial charge in [-0.25, -0.2) is 4.98 Å². The van der Waals surface area contributed by atoms with Gasteiger partial charge in [0.25, 0.3) is 0 Å². The first-order valence-electron chi connectivity index (χ1n) is 6.19. The van der Waals surface area contributed by atoms with Crippen LogP contribution in [0, 0.1) is 0 Å². The number of benzene rings is 1. The van der Waals surface area contributed by atoms with Gasteiger partial charge in [-0.3, -0.25) is 4.98 Å². The van der Waals surface area contributed by atoms with Crippen molar-refractivity contribution in [3.63, 3.8) is 0 Å². The van der Waals surface area contributed by atoms with Crippen molar-refractivity contribution in [2.45, 2.75) is 0 Å². The largest absolute Gasteiger partial charge is 0.497 e. The molecule has 0 aliphatic heterocycles. The van der Waals surface area contributed by atoms with E-state index in [9.17, 15) is 0 Å². The molecule has 0 radical (unpaired) electrons. The van der Waals surface area contributed by atoms with Gasteiger partial charge in [0.1, 0.15) is 11.3 Å². The molecular formula is C15H12BrN3O2. The number of fused-ring (bicyclic) bond motifs is 1. The molecule has 1 aromatic carbocycles. The van der Waals surface area contributed by atoms with Crippen LogP contribution >= 0.6 is 15.9 Å². The standard InChI is InChI=1S/C15H12BrN3O2/c1-20-10-2-3-13(11(17)7-10)21-14-4-5-18-12-6-9(16)8-19-15(12)14/h2-8H,17H2,1H3. The highest BCUT2D eigenvalue weighted by molar-refractivity contribution is 9.10. The molecular weight excluding hydrogens is 334 g/mol. The van der Waals surface area contributed by atoms with E-state index in [4.69, 9.17) is 15.2 Å². The van der Waals surface area contributed by atoms with Crippen LogP contribution in [0.5, 0.6) is 17.2 Å². The van der Waals surface area contributed by atoms with Gasteiger partial charge in [-0.15, -0.1) is 0 Å². The lowest BCUT2D eigenvalue weighted by Crippen LogP contribution is -1.95. The van der Waals surface area contributed by atoms with Crippen molar-refractivity contribution in [2.24, 2.45) is 0 Å². The van der Waals surface area contributed by atoms with E-state index >= 15 is 0 Å². The molecule has 0 saturated carbocycles. The molecule has 6 heteroatoms. The molecule has 3 rings (SSSR count). The number of hydrogen-bond acceptors (Lipinski definition) is 5. The zero-order valence-corrected chi connectivity index (χ0v) is 12.8. The van der Waals surface area contributed by atoms with Gasteiger partial charge in [-0.1, -0.05) is 0 Å². The van der Waals surface area contributed by atoms with Crippen molar-refractivity contribution in [1.82, 2.24) is 9.97 Å². The van der Waals surface area contributed by atoms with Crippen LogP contribution in [-0.2, 0) is 0 Å². The summed E-state index contributed by atoms with van der Waals surface area (Å²) in [5.74, 6) is 1.83. The Bertz CT molecular complexity index is 808. The van der Waals surface area contributed by atoms with E-state index in [1.807, 2.05) is 6.07 Å². The Morgan fingerprint density at radius 2 is 1.95 bits per heavy atom. The van der Waals surface area contributed by atoms with Crippen LogP contribution in [0.25, 0.3) is 11.0 Å². The van der Waals surface area contributed by atoms with Crippen molar-refractivity contribution in [2.75, 3.05) is 12.8 Å². The highest BCUT2D eigenvalue weighted by Gasteiger charge is 2.09. The number of nitrogen functional groups attached to an aromatic ring is 1. The number of methoxy groups -OCH3 is 1. The summed E-state index contributed by atoms with van der Waals surface area (Å²) in [7, 11) is 1.59. The molecule has 0 aliphatic carbocycles. The fourth-order valence-corrected chi connectivity index (χ4v) is 2.25. The summed E-state index contributed by atoms with van der Waals surface area (Å²) < 4.78 is 11.8. The third kappa shape index (κ3) is 2.75. The quantitative estimate of drug-likeness (QED) is 0.731. The number of nitrogens with zero attached hydrogens (tertiary/aromatic N) is 2. The number of halogens is 1. The summed E-state index contributed by atoms with van der Waals surface area (Å²) in [6.07, 6.45) is 3.37. The van der Waals surface area contributed by atoms with E-state index < -0.39 is 0 Å². The second-order valence-electron chi connectivity index (χ2n) is 4.34. The fourth-order valence-electron chi connectivity index (χ4n) is 1.93. The zero-order valence-electron chi connectivity index (χ0n) is 11.2. The molecule has 2 N–H and O–H groups in total. The first-order chi connectivity index (χ1) is 10.2. The predicted molar refractivity (Wildman–Crippen MR) is 84.7 cm³/mol. The van der Waals surface area contributed by atoms with Gasteiger partial charge in [0.2, 0.25) is 0 Å². The summed E-state index contributed by atoms with van der Waals surface area (Å²) in [6, 6.07) is 8.90. The third-order valence-corrected chi connectivity index (χ3v) is 3.38. The first-order valence-corrected chi connectivity index (χ1v) is 6.98. The minimum Gasteiger partial charge on any atom is -0.497 e. The van der Waals surface area contributed by atoms with Crippen LogP contribution in [0.3, 0.4) is 0 Å². The van der Waals surface area contributed by atoms with Crippen LogP contribution in [-0.4, -0.2) is 17.1 Å². The van der Waals surface area contributed by atoms with Gasteiger partial charge < -0.3 is 15.2 Å². The lowest BCUT2D eigenvalue weighted by atomic mass is 10.2. The Hall–Kier alpha value is -2.34. The number of anilines is 1. The van der Waals surface area contributed by atoms with E-state index in [-0.39, 0.29) is 0 Å². The Morgan fingerprint density at radius 3 is 2.71 bits per heavy atom. The SMILES string of the molecule is COc1ccc(Oc2ccnc3cc(Br)cnc23)c(N)c1. The highest BCUT2D eigenvalue weighted by atomic mass is 79.9. The summed E-state index contributed by atoms with van der Waals surface area (Å²) in [6.45, 7) is 0. The monoisotopic (exact) mass is 345 g/mol. The summed E-state index contributed by atoms with van der Waals surface area (Å²) in [4.78, 5) is 8.61. The second kappa shape index (κ2) is 5.57. The lowest BCUT2D eigenvalue weighted by Gasteiger charge is -2.11. The molecule has 0 aliphatic rings. The molecule has 106 valence electrons. The predicted octanol–water partition coefficient (Wildman–Crippen LogP) is 3.78. The van der Waals surface area contributed by atoms with Crippen molar-refractivity contribution < 1.29 is 9.47 Å². The molecule has 0 amide bonds. The Morgan fingerprint density at radius 1 is 1.10 bits per heavy atom. The van der Waals surface area contributed by atoms with Crippen LogP contribution in [0.2, 0.25) is 0 Å². The molecule has 0 bridgehead atoms. The van der Waals surface area contributed by atoms with E-state index in [2.05, 4.69) is 25.9 Å². The van der Waals surface area contributed by atoms with Crippen LogP contribution in [0.15, 0.2) is 47.2 Å². The molecule has 2 heterocycles. The van der Waals surface area contributed by atoms with E-state index in [1.165, 1.54) is 0 Å². The van der Waals surface area contributed by atoms with Crippen molar-refractivity contribution in [3.05, 3.63) is 47.2 Å². The number of pyridine rings is 2. The first kappa shape index (κ1) is 13.6. The van der Waals surface area contributed by atoms with Gasteiger partial charge in [0.15, 0.2) is 11.5 Å². The van der Waals surface area contributed by atoms with Crippen molar-refractivity contribution >= 4 is 32.7 Å². The number of rotatable bonds is 3. The van der Waals surface area contributed by atoms with Gasteiger partial charge in [-0.2, -0.15) is 0 Å². The molecule has 0 unspecified atom stereocenters. The topological polar surface area (TPSA) is 70.3 Å². The minimum absolute atomic E-state index is 0.497. The summed E-state index contributed by atoms with van der Waals surface area (Å²) >= 11 is 3.37. The zero-order chi connectivity index (χ0) is 14.8. The second-order valence-corrected chi connectivity index (χ2v) is 5.25. The molecule has 0 fully saturated rings. The van der Waals surface area contributed by atoms with Crippen LogP contribution < -0.4 is 15.2 Å². The minimum atomic E-state index is 0.497. The maximum Gasteiger partial charge on any atom is 0.156 e. The number of ether oxygens (including phenoxy) is 2. The molecule has 0 spiro atoms. The Labute approximate surface area is 129 Å². The van der Waals surface area contributed by atoms with Crippen LogP contribution in [0.1, 0.15) is 0 Å². The number of aromatic nitrogens is 2. The third-order valence-electron chi connectivity index (χ3n) is 2.94. The molecule has 21 heavy (non-hydrogen) atoms. The average molecular weight is 346 g/mol. The van der Waals surface area contributed by atoms with Gasteiger partial charge in [-0.05, 0) is 34.1 Å². The number of nitrogens with two attached hydrogens (primary N) is 1. The molecule has 3 aromatic rings. The fraction of sp³-hybridized carbons (Fsp3) is 0.0667. The smallest absolute Gasteiger partial charge is 0.156 e. The molecule has 0 atom stereocenters. The summed E-state index contributed by atoms with van der Waals surface area (Å²) in [5.41, 5.74) is 7.88. The molecule has 5 nitrogen and oxygen atoms in total. The van der Waals surface area contributed by atoms with Crippen molar-refractivity contribution in [3.8, 4) is 17.2 Å². The van der Waals surface area contributed by atoms with Gasteiger partial charge >= 0.3 is 0 Å². The number of hydrogen-bond donors (Lipinski definition) is 1. The van der Waals surface area contributed by atoms with Gasteiger partial charge in [0, 0.05) is 29.0 Å². The van der Waals surface area contributed by atoms with Crippen LogP contribution in [0.4, 0.5) is 5.69 Å². The van der Waals surface area contributed by atoms with E-state index in [1.54, 1.807) is 43.8 Å².